The predicted octanol–water partition coefficient (Wildman–Crippen LogP) is 2.44. The molecule has 0 saturated heterocycles. The minimum Gasteiger partial charge on any atom is -0.311 e. The molecule has 1 rings (SSSR count). The lowest BCUT2D eigenvalue weighted by molar-refractivity contribution is 0.628. The molecule has 0 spiro atoms. The molecule has 84 valence electrons. The van der Waals surface area contributed by atoms with Crippen molar-refractivity contribution in [2.24, 2.45) is 7.05 Å². The van der Waals surface area contributed by atoms with Gasteiger partial charge in [0.05, 0.1) is 16.4 Å². The average molecular weight is 228 g/mol. The number of halogens is 1. The van der Waals surface area contributed by atoms with Crippen LogP contribution in [0.5, 0.6) is 0 Å². The fraction of sp³-hybridized carbons (Fsp3) is 0.545. The number of aryl methyl sites for hydroxylation is 2. The van der Waals surface area contributed by atoms with Crippen LogP contribution in [0.4, 0.5) is 0 Å². The van der Waals surface area contributed by atoms with Crippen LogP contribution in [0.15, 0.2) is 12.2 Å². The highest BCUT2D eigenvalue weighted by Crippen LogP contribution is 2.18. The van der Waals surface area contributed by atoms with Gasteiger partial charge in [0.25, 0.3) is 0 Å². The van der Waals surface area contributed by atoms with Gasteiger partial charge in [0.15, 0.2) is 0 Å². The Kier molecular flexibility index (Phi) is 4.85. The summed E-state index contributed by atoms with van der Waals surface area (Å²) in [4.78, 5) is 0. The van der Waals surface area contributed by atoms with Crippen LogP contribution < -0.4 is 5.32 Å². The minimum atomic E-state index is 0.772. The zero-order valence-electron chi connectivity index (χ0n) is 9.55. The van der Waals surface area contributed by atoms with Gasteiger partial charge in [-0.2, -0.15) is 5.10 Å². The fourth-order valence-corrected chi connectivity index (χ4v) is 1.66. The Morgan fingerprint density at radius 3 is 2.80 bits per heavy atom. The normalized spacial score (nSPS) is 11.5. The quantitative estimate of drug-likeness (QED) is 0.619. The predicted molar refractivity (Wildman–Crippen MR) is 64.1 cm³/mol. The van der Waals surface area contributed by atoms with Gasteiger partial charge in [0.1, 0.15) is 0 Å². The van der Waals surface area contributed by atoms with Gasteiger partial charge in [0, 0.05) is 13.6 Å². The minimum absolute atomic E-state index is 0.772. The van der Waals surface area contributed by atoms with E-state index in [4.69, 9.17) is 11.6 Å². The summed E-state index contributed by atoms with van der Waals surface area (Å²) < 4.78 is 1.83. The van der Waals surface area contributed by atoms with Gasteiger partial charge < -0.3 is 5.32 Å². The Bertz CT molecular complexity index is 342. The van der Waals surface area contributed by atoms with Crippen LogP contribution in [0.1, 0.15) is 24.7 Å². The smallest absolute Gasteiger partial charge is 0.0860 e. The SMILES string of the molecule is C/C=C/CCNCc1c(Cl)c(C)nn1C. The fourth-order valence-electron chi connectivity index (χ4n) is 1.43. The molecule has 0 fully saturated rings. The zero-order chi connectivity index (χ0) is 11.3. The molecule has 0 amide bonds. The van der Waals surface area contributed by atoms with Crippen LogP contribution in [0.3, 0.4) is 0 Å². The van der Waals surface area contributed by atoms with Gasteiger partial charge in [-0.3, -0.25) is 4.68 Å². The Morgan fingerprint density at radius 2 is 2.27 bits per heavy atom. The zero-order valence-corrected chi connectivity index (χ0v) is 10.3. The monoisotopic (exact) mass is 227 g/mol. The summed E-state index contributed by atoms with van der Waals surface area (Å²) in [6.45, 7) is 5.69. The second-order valence-electron chi connectivity index (χ2n) is 3.50. The molecule has 0 bridgehead atoms. The average Bonchev–Trinajstić information content (AvgIpc) is 2.44. The molecule has 0 atom stereocenters. The van der Waals surface area contributed by atoms with Gasteiger partial charge in [-0.25, -0.2) is 0 Å². The number of nitrogens with zero attached hydrogens (tertiary/aromatic N) is 2. The van der Waals surface area contributed by atoms with Crippen LogP contribution in [0.2, 0.25) is 5.02 Å². The lowest BCUT2D eigenvalue weighted by Gasteiger charge is -2.04. The lowest BCUT2D eigenvalue weighted by Crippen LogP contribution is -2.16. The standard InChI is InChI=1S/C11H18ClN3/c1-4-5-6-7-13-8-10-11(12)9(2)14-15(10)3/h4-5,13H,6-8H2,1-3H3/b5-4+. The molecule has 1 aromatic heterocycles. The highest BCUT2D eigenvalue weighted by atomic mass is 35.5. The Hall–Kier alpha value is -0.800. The van der Waals surface area contributed by atoms with E-state index in [1.807, 2.05) is 25.6 Å². The molecule has 1 N–H and O–H groups in total. The van der Waals surface area contributed by atoms with E-state index in [1.165, 1.54) is 0 Å². The van der Waals surface area contributed by atoms with E-state index in [1.54, 1.807) is 0 Å². The van der Waals surface area contributed by atoms with E-state index in [0.29, 0.717) is 0 Å². The molecule has 0 aliphatic carbocycles. The second kappa shape index (κ2) is 5.93. The highest BCUT2D eigenvalue weighted by molar-refractivity contribution is 6.31. The van der Waals surface area contributed by atoms with Crippen molar-refractivity contribution in [1.29, 1.82) is 0 Å². The van der Waals surface area contributed by atoms with E-state index in [2.05, 4.69) is 22.6 Å². The van der Waals surface area contributed by atoms with Crippen LogP contribution in [0.25, 0.3) is 0 Å². The summed E-state index contributed by atoms with van der Waals surface area (Å²) in [5.74, 6) is 0. The molecule has 0 unspecified atom stereocenters. The molecule has 3 nitrogen and oxygen atoms in total. The van der Waals surface area contributed by atoms with Crippen LogP contribution in [-0.2, 0) is 13.6 Å². The number of hydrogen-bond acceptors (Lipinski definition) is 2. The van der Waals surface area contributed by atoms with Gasteiger partial charge in [0.2, 0.25) is 0 Å². The van der Waals surface area contributed by atoms with Crippen molar-refractivity contribution >= 4 is 11.6 Å². The summed E-state index contributed by atoms with van der Waals surface area (Å²) in [5.41, 5.74) is 1.94. The number of rotatable bonds is 5. The molecule has 1 aromatic rings. The van der Waals surface area contributed by atoms with E-state index >= 15 is 0 Å². The number of aromatic nitrogens is 2. The third kappa shape index (κ3) is 3.36. The highest BCUT2D eigenvalue weighted by Gasteiger charge is 2.09. The van der Waals surface area contributed by atoms with Gasteiger partial charge >= 0.3 is 0 Å². The number of nitrogens with one attached hydrogen (secondary N) is 1. The first-order valence-corrected chi connectivity index (χ1v) is 5.54. The summed E-state index contributed by atoms with van der Waals surface area (Å²) in [5, 5.41) is 8.37. The van der Waals surface area contributed by atoms with E-state index in [9.17, 15) is 0 Å². The maximum atomic E-state index is 6.12. The van der Waals surface area contributed by atoms with Crippen molar-refractivity contribution in [2.45, 2.75) is 26.8 Å². The molecule has 0 aliphatic rings. The lowest BCUT2D eigenvalue weighted by atomic mass is 10.3. The van der Waals surface area contributed by atoms with Gasteiger partial charge in [-0.15, -0.1) is 0 Å². The summed E-state index contributed by atoms with van der Waals surface area (Å²) >= 11 is 6.12. The largest absolute Gasteiger partial charge is 0.311 e. The second-order valence-corrected chi connectivity index (χ2v) is 3.88. The molecular formula is C11H18ClN3. The Labute approximate surface area is 96.1 Å². The molecule has 15 heavy (non-hydrogen) atoms. The topological polar surface area (TPSA) is 29.9 Å². The molecule has 0 radical (unpaired) electrons. The van der Waals surface area contributed by atoms with Crippen molar-refractivity contribution in [3.05, 3.63) is 28.6 Å². The first-order chi connectivity index (χ1) is 7.16. The Morgan fingerprint density at radius 1 is 1.53 bits per heavy atom. The summed E-state index contributed by atoms with van der Waals surface area (Å²) in [7, 11) is 1.92. The first-order valence-electron chi connectivity index (χ1n) is 5.16. The maximum absolute atomic E-state index is 6.12. The maximum Gasteiger partial charge on any atom is 0.0860 e. The van der Waals surface area contributed by atoms with Crippen molar-refractivity contribution < 1.29 is 0 Å². The van der Waals surface area contributed by atoms with Crippen molar-refractivity contribution in [2.75, 3.05) is 6.54 Å². The summed E-state index contributed by atoms with van der Waals surface area (Å²) in [6, 6.07) is 0. The molecule has 1 heterocycles. The van der Waals surface area contributed by atoms with Crippen molar-refractivity contribution in [3.63, 3.8) is 0 Å². The van der Waals surface area contributed by atoms with Crippen molar-refractivity contribution in [3.8, 4) is 0 Å². The molecule has 0 aliphatic heterocycles. The third-order valence-electron chi connectivity index (χ3n) is 2.28. The van der Waals surface area contributed by atoms with E-state index in [-0.39, 0.29) is 0 Å². The van der Waals surface area contributed by atoms with E-state index < -0.39 is 0 Å². The molecular weight excluding hydrogens is 210 g/mol. The Balaban J connectivity index is 2.43. The van der Waals surface area contributed by atoms with Gasteiger partial charge in [-0.05, 0) is 26.8 Å². The van der Waals surface area contributed by atoms with Crippen molar-refractivity contribution in [1.82, 2.24) is 15.1 Å². The molecule has 4 heteroatoms. The summed E-state index contributed by atoms with van der Waals surface area (Å²) in [6.07, 6.45) is 5.25. The third-order valence-corrected chi connectivity index (χ3v) is 2.77. The number of allylic oxidation sites excluding steroid dienone is 1. The van der Waals surface area contributed by atoms with Crippen LogP contribution >= 0.6 is 11.6 Å². The van der Waals surface area contributed by atoms with Gasteiger partial charge in [-0.1, -0.05) is 23.8 Å². The molecule has 0 aromatic carbocycles. The first kappa shape index (κ1) is 12.3. The molecule has 0 saturated carbocycles. The number of hydrogen-bond donors (Lipinski definition) is 1. The van der Waals surface area contributed by atoms with Crippen LogP contribution in [0, 0.1) is 6.92 Å². The van der Waals surface area contributed by atoms with E-state index in [0.717, 1.165) is 35.9 Å². The van der Waals surface area contributed by atoms with Crippen LogP contribution in [-0.4, -0.2) is 16.3 Å².